The van der Waals surface area contributed by atoms with Crippen molar-refractivity contribution in [2.45, 2.75) is 45.3 Å². The van der Waals surface area contributed by atoms with Gasteiger partial charge in [0.2, 0.25) is 5.91 Å². The Bertz CT molecular complexity index is 646. The zero-order valence-corrected chi connectivity index (χ0v) is 14.6. The smallest absolute Gasteiger partial charge is 0.307 e. The molecule has 25 heavy (non-hydrogen) atoms. The first-order valence-corrected chi connectivity index (χ1v) is 8.50. The Morgan fingerprint density at radius 1 is 1.20 bits per heavy atom. The van der Waals surface area contributed by atoms with Crippen molar-refractivity contribution in [3.63, 3.8) is 0 Å². The minimum Gasteiger partial charge on any atom is -0.463 e. The Kier molecular flexibility index (Phi) is 6.74. The van der Waals surface area contributed by atoms with Gasteiger partial charge in [-0.25, -0.2) is 0 Å². The molecular weight excluding hydrogens is 320 g/mol. The predicted molar refractivity (Wildman–Crippen MR) is 94.8 cm³/mol. The number of hydrogen-bond acceptors (Lipinski definition) is 4. The summed E-state index contributed by atoms with van der Waals surface area (Å²) < 4.78 is 4.98. The first-order valence-electron chi connectivity index (χ1n) is 8.50. The van der Waals surface area contributed by atoms with Gasteiger partial charge >= 0.3 is 5.97 Å². The molecule has 0 atom stereocenters. The number of nitrogens with one attached hydrogen (secondary N) is 2. The largest absolute Gasteiger partial charge is 0.463 e. The van der Waals surface area contributed by atoms with Crippen molar-refractivity contribution in [3.05, 3.63) is 41.5 Å². The molecule has 1 aromatic carbocycles. The molecule has 1 aliphatic carbocycles. The first-order chi connectivity index (χ1) is 11.9. The van der Waals surface area contributed by atoms with Crippen LogP contribution in [-0.2, 0) is 14.3 Å². The summed E-state index contributed by atoms with van der Waals surface area (Å²) in [7, 11) is 0. The van der Waals surface area contributed by atoms with Crippen molar-refractivity contribution in [1.29, 1.82) is 0 Å². The number of rotatable bonds is 8. The summed E-state index contributed by atoms with van der Waals surface area (Å²) in [6.45, 7) is 3.79. The fourth-order valence-corrected chi connectivity index (χ4v) is 2.08. The van der Waals surface area contributed by atoms with Gasteiger partial charge in [-0.2, -0.15) is 0 Å². The lowest BCUT2D eigenvalue weighted by molar-refractivity contribution is -0.147. The number of amides is 2. The SMILES string of the molecule is CC(C)OC(=O)CCNC(=O)/C=C/c1ccc(C(=O)NC2CC2)cc1. The molecule has 0 unspecified atom stereocenters. The highest BCUT2D eigenvalue weighted by Gasteiger charge is 2.23. The van der Waals surface area contributed by atoms with E-state index >= 15 is 0 Å². The van der Waals surface area contributed by atoms with E-state index in [0.29, 0.717) is 11.6 Å². The Hall–Kier alpha value is -2.63. The van der Waals surface area contributed by atoms with Gasteiger partial charge in [0, 0.05) is 24.2 Å². The Morgan fingerprint density at radius 3 is 2.48 bits per heavy atom. The van der Waals surface area contributed by atoms with Crippen LogP contribution in [0.15, 0.2) is 30.3 Å². The molecule has 1 saturated carbocycles. The predicted octanol–water partition coefficient (Wildman–Crippen LogP) is 2.05. The summed E-state index contributed by atoms with van der Waals surface area (Å²) in [5.41, 5.74) is 1.43. The average Bonchev–Trinajstić information content (AvgIpc) is 3.36. The van der Waals surface area contributed by atoms with Gasteiger partial charge in [0.25, 0.3) is 5.91 Å². The minimum atomic E-state index is -0.334. The zero-order chi connectivity index (χ0) is 18.2. The first kappa shape index (κ1) is 18.7. The second-order valence-corrected chi connectivity index (χ2v) is 6.28. The Morgan fingerprint density at radius 2 is 1.88 bits per heavy atom. The van der Waals surface area contributed by atoms with Crippen molar-refractivity contribution < 1.29 is 19.1 Å². The van der Waals surface area contributed by atoms with Gasteiger partial charge in [-0.05, 0) is 50.5 Å². The summed E-state index contributed by atoms with van der Waals surface area (Å²) in [5, 5.41) is 5.55. The topological polar surface area (TPSA) is 84.5 Å². The van der Waals surface area contributed by atoms with Crippen molar-refractivity contribution in [1.82, 2.24) is 10.6 Å². The highest BCUT2D eigenvalue weighted by molar-refractivity contribution is 5.95. The molecule has 2 amide bonds. The third-order valence-electron chi connectivity index (χ3n) is 3.51. The van der Waals surface area contributed by atoms with Crippen LogP contribution < -0.4 is 10.6 Å². The second kappa shape index (κ2) is 9.01. The van der Waals surface area contributed by atoms with Crippen LogP contribution in [0.4, 0.5) is 0 Å². The molecule has 6 nitrogen and oxygen atoms in total. The van der Waals surface area contributed by atoms with Crippen molar-refractivity contribution in [2.24, 2.45) is 0 Å². The molecule has 0 bridgehead atoms. The van der Waals surface area contributed by atoms with E-state index in [1.54, 1.807) is 44.2 Å². The van der Waals surface area contributed by atoms with Crippen LogP contribution >= 0.6 is 0 Å². The van der Waals surface area contributed by atoms with Gasteiger partial charge in [-0.1, -0.05) is 12.1 Å². The van der Waals surface area contributed by atoms with Crippen LogP contribution in [0.3, 0.4) is 0 Å². The van der Waals surface area contributed by atoms with E-state index in [1.165, 1.54) is 6.08 Å². The minimum absolute atomic E-state index is 0.0657. The van der Waals surface area contributed by atoms with Gasteiger partial charge in [0.15, 0.2) is 0 Å². The molecule has 2 rings (SSSR count). The number of hydrogen-bond donors (Lipinski definition) is 2. The molecule has 0 heterocycles. The maximum absolute atomic E-state index is 11.9. The molecule has 2 N–H and O–H groups in total. The van der Waals surface area contributed by atoms with Crippen LogP contribution in [0, 0.1) is 0 Å². The van der Waals surface area contributed by atoms with Crippen molar-refractivity contribution in [3.8, 4) is 0 Å². The molecule has 1 aromatic rings. The molecule has 0 spiro atoms. The Balaban J connectivity index is 1.73. The van der Waals surface area contributed by atoms with E-state index in [4.69, 9.17) is 4.74 Å². The van der Waals surface area contributed by atoms with Crippen LogP contribution in [0.25, 0.3) is 6.08 Å². The highest BCUT2D eigenvalue weighted by Crippen LogP contribution is 2.19. The van der Waals surface area contributed by atoms with Gasteiger partial charge < -0.3 is 15.4 Å². The summed E-state index contributed by atoms with van der Waals surface area (Å²) in [6, 6.07) is 7.36. The number of esters is 1. The quantitative estimate of drug-likeness (QED) is 0.558. The van der Waals surface area contributed by atoms with Crippen LogP contribution in [-0.4, -0.2) is 36.5 Å². The van der Waals surface area contributed by atoms with Crippen molar-refractivity contribution >= 4 is 23.9 Å². The molecule has 0 aromatic heterocycles. The average molecular weight is 344 g/mol. The van der Waals surface area contributed by atoms with Crippen LogP contribution in [0.1, 0.15) is 49.0 Å². The van der Waals surface area contributed by atoms with Crippen LogP contribution in [0.2, 0.25) is 0 Å². The molecule has 0 radical (unpaired) electrons. The van der Waals surface area contributed by atoms with Crippen LogP contribution in [0.5, 0.6) is 0 Å². The lowest BCUT2D eigenvalue weighted by Crippen LogP contribution is -2.25. The van der Waals surface area contributed by atoms with E-state index < -0.39 is 0 Å². The lowest BCUT2D eigenvalue weighted by atomic mass is 10.1. The number of carbonyl (C=O) groups is 3. The number of carbonyl (C=O) groups excluding carboxylic acids is 3. The summed E-state index contributed by atoms with van der Waals surface area (Å²) in [5.74, 6) is -0.684. The normalized spacial score (nSPS) is 13.7. The maximum Gasteiger partial charge on any atom is 0.307 e. The van der Waals surface area contributed by atoms with E-state index in [9.17, 15) is 14.4 Å². The number of benzene rings is 1. The monoisotopic (exact) mass is 344 g/mol. The summed E-state index contributed by atoms with van der Waals surface area (Å²) >= 11 is 0. The second-order valence-electron chi connectivity index (χ2n) is 6.28. The highest BCUT2D eigenvalue weighted by atomic mass is 16.5. The molecule has 6 heteroatoms. The Labute approximate surface area is 147 Å². The van der Waals surface area contributed by atoms with Crippen molar-refractivity contribution in [2.75, 3.05) is 6.54 Å². The standard InChI is InChI=1S/C19H24N2O4/c1-13(2)25-18(23)11-12-20-17(22)10-5-14-3-6-15(7-4-14)19(24)21-16-8-9-16/h3-7,10,13,16H,8-9,11-12H2,1-2H3,(H,20,22)(H,21,24)/b10-5+. The molecule has 0 saturated heterocycles. The van der Waals surface area contributed by atoms with Gasteiger partial charge in [0.1, 0.15) is 0 Å². The van der Waals surface area contributed by atoms with E-state index in [-0.39, 0.29) is 36.9 Å². The van der Waals surface area contributed by atoms with Gasteiger partial charge in [-0.3, -0.25) is 14.4 Å². The number of ether oxygens (including phenoxy) is 1. The fourth-order valence-electron chi connectivity index (χ4n) is 2.08. The van der Waals surface area contributed by atoms with Gasteiger partial charge in [0.05, 0.1) is 12.5 Å². The molecule has 134 valence electrons. The fraction of sp³-hybridized carbons (Fsp3) is 0.421. The summed E-state index contributed by atoms with van der Waals surface area (Å²) in [6.07, 6.45) is 5.14. The van der Waals surface area contributed by atoms with E-state index in [0.717, 1.165) is 18.4 Å². The molecule has 1 fully saturated rings. The zero-order valence-electron chi connectivity index (χ0n) is 14.6. The molecular formula is C19H24N2O4. The van der Waals surface area contributed by atoms with E-state index in [2.05, 4.69) is 10.6 Å². The maximum atomic E-state index is 11.9. The molecule has 0 aliphatic heterocycles. The molecule has 1 aliphatic rings. The third-order valence-corrected chi connectivity index (χ3v) is 3.51. The summed E-state index contributed by atoms with van der Waals surface area (Å²) in [4.78, 5) is 34.9. The van der Waals surface area contributed by atoms with Gasteiger partial charge in [-0.15, -0.1) is 0 Å². The van der Waals surface area contributed by atoms with E-state index in [1.807, 2.05) is 0 Å². The lowest BCUT2D eigenvalue weighted by Gasteiger charge is -2.07. The third kappa shape index (κ3) is 7.20.